The molecule has 0 amide bonds. The molecule has 1 N–H and O–H groups in total. The van der Waals surface area contributed by atoms with Gasteiger partial charge in [-0.05, 0) is 50.5 Å². The molecular weight excluding hydrogens is 182 g/mol. The van der Waals surface area contributed by atoms with E-state index >= 15 is 0 Å². The molecule has 0 aromatic rings. The van der Waals surface area contributed by atoms with Crippen molar-refractivity contribution in [1.29, 1.82) is 0 Å². The first kappa shape index (κ1) is 11.3. The van der Waals surface area contributed by atoms with Crippen molar-refractivity contribution in [2.45, 2.75) is 57.9 Å². The van der Waals surface area contributed by atoms with E-state index in [2.05, 4.69) is 19.2 Å². The Hall–Kier alpha value is 0.250. The summed E-state index contributed by atoms with van der Waals surface area (Å²) in [5, 5.41) is 3.71. The van der Waals surface area contributed by atoms with E-state index in [0.29, 0.717) is 11.0 Å². The minimum atomic E-state index is 0. The van der Waals surface area contributed by atoms with E-state index in [0.717, 1.165) is 0 Å². The van der Waals surface area contributed by atoms with Crippen LogP contribution in [0.2, 0.25) is 0 Å². The van der Waals surface area contributed by atoms with E-state index in [9.17, 15) is 0 Å². The van der Waals surface area contributed by atoms with Gasteiger partial charge >= 0.3 is 0 Å². The van der Waals surface area contributed by atoms with E-state index in [4.69, 9.17) is 0 Å². The van der Waals surface area contributed by atoms with Crippen LogP contribution in [0.15, 0.2) is 0 Å². The van der Waals surface area contributed by atoms with E-state index < -0.39 is 0 Å². The molecular formula is C11H22ClN. The number of rotatable bonds is 0. The second-order valence-electron chi connectivity index (χ2n) is 5.47. The molecule has 1 saturated heterocycles. The fraction of sp³-hybridized carbons (Fsp3) is 1.00. The van der Waals surface area contributed by atoms with Crippen LogP contribution in [0.25, 0.3) is 0 Å². The maximum atomic E-state index is 3.71. The van der Waals surface area contributed by atoms with E-state index in [-0.39, 0.29) is 12.4 Å². The second-order valence-corrected chi connectivity index (χ2v) is 5.47. The molecule has 1 heterocycles. The molecule has 2 heteroatoms. The molecule has 2 rings (SSSR count). The topological polar surface area (TPSA) is 12.0 Å². The summed E-state index contributed by atoms with van der Waals surface area (Å²) >= 11 is 0. The maximum Gasteiger partial charge on any atom is 0.0182 e. The number of halogens is 1. The van der Waals surface area contributed by atoms with Crippen LogP contribution < -0.4 is 5.32 Å². The minimum absolute atomic E-state index is 0. The van der Waals surface area contributed by atoms with Crippen LogP contribution in [0.4, 0.5) is 0 Å². The van der Waals surface area contributed by atoms with Gasteiger partial charge in [0.1, 0.15) is 0 Å². The molecule has 78 valence electrons. The normalized spacial score (nSPS) is 30.0. The lowest BCUT2D eigenvalue weighted by Crippen LogP contribution is -2.44. The van der Waals surface area contributed by atoms with Gasteiger partial charge in [-0.3, -0.25) is 0 Å². The Morgan fingerprint density at radius 2 is 1.54 bits per heavy atom. The number of nitrogens with one attached hydrogen (secondary N) is 1. The third kappa shape index (κ3) is 2.38. The van der Waals surface area contributed by atoms with E-state index in [1.54, 1.807) is 0 Å². The summed E-state index contributed by atoms with van der Waals surface area (Å²) in [6.45, 7) is 6.09. The fourth-order valence-electron chi connectivity index (χ4n) is 2.70. The molecule has 0 aromatic heterocycles. The largest absolute Gasteiger partial charge is 0.311 e. The molecule has 2 fully saturated rings. The quantitative estimate of drug-likeness (QED) is 0.638. The van der Waals surface area contributed by atoms with Gasteiger partial charge in [-0.25, -0.2) is 0 Å². The van der Waals surface area contributed by atoms with Gasteiger partial charge in [0.25, 0.3) is 0 Å². The second kappa shape index (κ2) is 3.78. The molecule has 1 aliphatic heterocycles. The van der Waals surface area contributed by atoms with Crippen LogP contribution in [0.3, 0.4) is 0 Å². The summed E-state index contributed by atoms with van der Waals surface area (Å²) in [5.74, 6) is 0. The van der Waals surface area contributed by atoms with Crippen LogP contribution in [-0.2, 0) is 0 Å². The van der Waals surface area contributed by atoms with Crippen molar-refractivity contribution in [3.63, 3.8) is 0 Å². The van der Waals surface area contributed by atoms with Crippen molar-refractivity contribution in [2.24, 2.45) is 5.41 Å². The highest BCUT2D eigenvalue weighted by Crippen LogP contribution is 2.43. The Morgan fingerprint density at radius 1 is 0.923 bits per heavy atom. The zero-order chi connectivity index (χ0) is 8.66. The summed E-state index contributed by atoms with van der Waals surface area (Å²) < 4.78 is 0. The highest BCUT2D eigenvalue weighted by molar-refractivity contribution is 5.85. The van der Waals surface area contributed by atoms with Gasteiger partial charge in [-0.15, -0.1) is 12.4 Å². The van der Waals surface area contributed by atoms with Crippen molar-refractivity contribution < 1.29 is 0 Å². The first-order valence-corrected chi connectivity index (χ1v) is 5.37. The van der Waals surface area contributed by atoms with Gasteiger partial charge in [0.05, 0.1) is 0 Å². The van der Waals surface area contributed by atoms with Gasteiger partial charge in [-0.2, -0.15) is 0 Å². The molecule has 0 aromatic carbocycles. The molecule has 1 saturated carbocycles. The fourth-order valence-corrected chi connectivity index (χ4v) is 2.70. The zero-order valence-electron chi connectivity index (χ0n) is 8.86. The summed E-state index contributed by atoms with van der Waals surface area (Å²) in [6, 6.07) is 0. The number of hydrogen-bond acceptors (Lipinski definition) is 1. The van der Waals surface area contributed by atoms with Gasteiger partial charge in [-0.1, -0.05) is 13.8 Å². The van der Waals surface area contributed by atoms with Crippen LogP contribution in [0.1, 0.15) is 52.4 Å². The zero-order valence-corrected chi connectivity index (χ0v) is 9.67. The SMILES string of the molecule is CC1(C)CCC2(CCCN2)CC1.Cl. The van der Waals surface area contributed by atoms with Gasteiger partial charge in [0.15, 0.2) is 0 Å². The van der Waals surface area contributed by atoms with Gasteiger partial charge in [0, 0.05) is 5.54 Å². The van der Waals surface area contributed by atoms with E-state index in [1.165, 1.54) is 45.1 Å². The monoisotopic (exact) mass is 203 g/mol. The van der Waals surface area contributed by atoms with Gasteiger partial charge in [0.2, 0.25) is 0 Å². The predicted octanol–water partition coefficient (Wildman–Crippen LogP) is 3.13. The molecule has 1 aliphatic carbocycles. The van der Waals surface area contributed by atoms with Crippen molar-refractivity contribution in [3.8, 4) is 0 Å². The Labute approximate surface area is 88.1 Å². The van der Waals surface area contributed by atoms with Crippen LogP contribution in [0, 0.1) is 5.41 Å². The first-order valence-electron chi connectivity index (χ1n) is 5.37. The van der Waals surface area contributed by atoms with E-state index in [1.807, 2.05) is 0 Å². The van der Waals surface area contributed by atoms with Crippen molar-refractivity contribution in [3.05, 3.63) is 0 Å². The summed E-state index contributed by atoms with van der Waals surface area (Å²) in [5.41, 5.74) is 1.20. The van der Waals surface area contributed by atoms with Crippen LogP contribution in [-0.4, -0.2) is 12.1 Å². The highest BCUT2D eigenvalue weighted by Gasteiger charge is 2.39. The molecule has 0 atom stereocenters. The van der Waals surface area contributed by atoms with Gasteiger partial charge < -0.3 is 5.32 Å². The molecule has 1 spiro atoms. The standard InChI is InChI=1S/C11H21N.ClH/c1-10(2)5-7-11(8-6-10)4-3-9-12-11;/h12H,3-9H2,1-2H3;1H. The summed E-state index contributed by atoms with van der Waals surface area (Å²) in [7, 11) is 0. The third-order valence-corrected chi connectivity index (χ3v) is 3.89. The number of hydrogen-bond donors (Lipinski definition) is 1. The minimum Gasteiger partial charge on any atom is -0.311 e. The van der Waals surface area contributed by atoms with Crippen LogP contribution >= 0.6 is 12.4 Å². The lowest BCUT2D eigenvalue weighted by atomic mass is 9.69. The lowest BCUT2D eigenvalue weighted by Gasteiger charge is -2.41. The third-order valence-electron chi connectivity index (χ3n) is 3.89. The molecule has 1 nitrogen and oxygen atoms in total. The molecule has 13 heavy (non-hydrogen) atoms. The predicted molar refractivity (Wildman–Crippen MR) is 59.5 cm³/mol. The Morgan fingerprint density at radius 3 is 2.00 bits per heavy atom. The summed E-state index contributed by atoms with van der Waals surface area (Å²) in [4.78, 5) is 0. The Kier molecular flexibility index (Phi) is 3.29. The molecule has 0 bridgehead atoms. The average molecular weight is 204 g/mol. The van der Waals surface area contributed by atoms with Crippen molar-refractivity contribution in [1.82, 2.24) is 5.32 Å². The lowest BCUT2D eigenvalue weighted by molar-refractivity contribution is 0.150. The first-order chi connectivity index (χ1) is 5.62. The molecule has 0 unspecified atom stereocenters. The molecule has 0 radical (unpaired) electrons. The average Bonchev–Trinajstić information content (AvgIpc) is 2.46. The maximum absolute atomic E-state index is 3.71. The van der Waals surface area contributed by atoms with Crippen molar-refractivity contribution >= 4 is 12.4 Å². The smallest absolute Gasteiger partial charge is 0.0182 e. The van der Waals surface area contributed by atoms with Crippen LogP contribution in [0.5, 0.6) is 0 Å². The highest BCUT2D eigenvalue weighted by atomic mass is 35.5. The Balaban J connectivity index is 0.000000845. The Bertz CT molecular complexity index is 159. The summed E-state index contributed by atoms with van der Waals surface area (Å²) in [6.07, 6.45) is 8.50. The molecule has 2 aliphatic rings. The van der Waals surface area contributed by atoms with Crippen molar-refractivity contribution in [2.75, 3.05) is 6.54 Å².